The first-order chi connectivity index (χ1) is 18.0. The average Bonchev–Trinajstić information content (AvgIpc) is 2.88. The molecular formula is C27H48O10. The summed E-state index contributed by atoms with van der Waals surface area (Å²) in [5.74, 6) is -1.07. The van der Waals surface area contributed by atoms with Crippen molar-refractivity contribution in [2.75, 3.05) is 33.0 Å². The van der Waals surface area contributed by atoms with Crippen LogP contribution in [-0.2, 0) is 43.2 Å². The first-order valence-electron chi connectivity index (χ1n) is 13.9. The molecule has 0 aliphatic carbocycles. The van der Waals surface area contributed by atoms with Crippen LogP contribution in [0.3, 0.4) is 0 Å². The maximum Gasteiger partial charge on any atom is 0.342 e. The minimum Gasteiger partial charge on any atom is -0.466 e. The highest BCUT2D eigenvalue weighted by molar-refractivity contribution is 5.70. The third kappa shape index (κ3) is 26.7. The molecule has 0 bridgehead atoms. The predicted molar refractivity (Wildman–Crippen MR) is 136 cm³/mol. The van der Waals surface area contributed by atoms with Crippen molar-refractivity contribution in [3.8, 4) is 0 Å². The van der Waals surface area contributed by atoms with Gasteiger partial charge >= 0.3 is 23.9 Å². The van der Waals surface area contributed by atoms with Gasteiger partial charge in [0, 0.05) is 32.3 Å². The maximum absolute atomic E-state index is 11.8. The number of carbonyl (C=O) groups is 4. The number of esters is 3. The molecule has 0 aromatic carbocycles. The van der Waals surface area contributed by atoms with Crippen molar-refractivity contribution < 1.29 is 48.3 Å². The normalized spacial score (nSPS) is 10.6. The lowest BCUT2D eigenvalue weighted by atomic mass is 10.2. The number of aliphatic hydroxyl groups excluding tert-OH is 1. The van der Waals surface area contributed by atoms with Gasteiger partial charge in [0.2, 0.25) is 0 Å². The van der Waals surface area contributed by atoms with Gasteiger partial charge in [-0.3, -0.25) is 19.3 Å². The predicted octanol–water partition coefficient (Wildman–Crippen LogP) is 4.73. The van der Waals surface area contributed by atoms with Gasteiger partial charge in [0.1, 0.15) is 0 Å². The molecule has 0 fully saturated rings. The van der Waals surface area contributed by atoms with E-state index >= 15 is 0 Å². The third-order valence-electron chi connectivity index (χ3n) is 5.34. The Hall–Kier alpha value is -2.20. The van der Waals surface area contributed by atoms with Crippen molar-refractivity contribution in [1.82, 2.24) is 0 Å². The van der Waals surface area contributed by atoms with Gasteiger partial charge in [0.15, 0.2) is 0 Å². The van der Waals surface area contributed by atoms with Crippen LogP contribution in [0.1, 0.15) is 116 Å². The van der Waals surface area contributed by atoms with E-state index in [1.165, 1.54) is 0 Å². The molecule has 1 N–H and O–H groups in total. The van der Waals surface area contributed by atoms with Gasteiger partial charge in [-0.15, -0.1) is 0 Å². The quantitative estimate of drug-likeness (QED) is 0.0547. The van der Waals surface area contributed by atoms with Gasteiger partial charge < -0.3 is 19.3 Å². The van der Waals surface area contributed by atoms with Crippen molar-refractivity contribution in [3.63, 3.8) is 0 Å². The zero-order chi connectivity index (χ0) is 27.4. The Bertz CT molecular complexity index is 594. The molecule has 0 spiro atoms. The lowest BCUT2D eigenvalue weighted by Crippen LogP contribution is -2.08. The molecule has 0 saturated carbocycles. The number of ether oxygens (including phenoxy) is 3. The van der Waals surface area contributed by atoms with Gasteiger partial charge in [-0.05, 0) is 77.0 Å². The molecular weight excluding hydrogens is 484 g/mol. The molecule has 0 saturated heterocycles. The molecule has 0 unspecified atom stereocenters. The summed E-state index contributed by atoms with van der Waals surface area (Å²) in [5, 5.41) is 8.69. The van der Waals surface area contributed by atoms with Gasteiger partial charge in [-0.2, -0.15) is 4.89 Å². The molecule has 10 nitrogen and oxygen atoms in total. The molecule has 0 heterocycles. The summed E-state index contributed by atoms with van der Waals surface area (Å²) < 4.78 is 15.5. The highest BCUT2D eigenvalue weighted by Gasteiger charge is 2.07. The van der Waals surface area contributed by atoms with Crippen molar-refractivity contribution >= 4 is 23.9 Å². The van der Waals surface area contributed by atoms with Crippen LogP contribution in [0.2, 0.25) is 0 Å². The zero-order valence-corrected chi connectivity index (χ0v) is 22.7. The monoisotopic (exact) mass is 532 g/mol. The average molecular weight is 533 g/mol. The number of rotatable bonds is 26. The second-order valence-electron chi connectivity index (χ2n) is 8.90. The van der Waals surface area contributed by atoms with Crippen LogP contribution >= 0.6 is 0 Å². The summed E-state index contributed by atoms with van der Waals surface area (Å²) in [4.78, 5) is 55.7. The Morgan fingerprint density at radius 3 is 1.24 bits per heavy atom. The Labute approximate surface area is 221 Å². The molecule has 0 amide bonds. The lowest BCUT2D eigenvalue weighted by Gasteiger charge is -2.07. The number of hydrogen-bond donors (Lipinski definition) is 1. The van der Waals surface area contributed by atoms with E-state index < -0.39 is 0 Å². The molecule has 0 atom stereocenters. The largest absolute Gasteiger partial charge is 0.466 e. The highest BCUT2D eigenvalue weighted by atomic mass is 17.2. The fraction of sp³-hybridized carbons (Fsp3) is 0.852. The maximum atomic E-state index is 11.8. The SMILES string of the molecule is CCCOOC(=O)CCCCCOC(=O)CCCCCOC(=O)CCCCCOC(=O)CCCCCO. The molecule has 0 aliphatic heterocycles. The van der Waals surface area contributed by atoms with Crippen LogP contribution in [0, 0.1) is 0 Å². The summed E-state index contributed by atoms with van der Waals surface area (Å²) in [6.45, 7) is 3.51. The second kappa shape index (κ2) is 26.9. The summed E-state index contributed by atoms with van der Waals surface area (Å²) >= 11 is 0. The number of unbranched alkanes of at least 4 members (excludes halogenated alkanes) is 8. The van der Waals surface area contributed by atoms with Gasteiger partial charge in [0.25, 0.3) is 0 Å². The van der Waals surface area contributed by atoms with Gasteiger partial charge in [-0.25, -0.2) is 4.79 Å². The Kier molecular flexibility index (Phi) is 25.3. The van der Waals surface area contributed by atoms with Crippen LogP contribution < -0.4 is 0 Å². The van der Waals surface area contributed by atoms with Crippen molar-refractivity contribution in [2.24, 2.45) is 0 Å². The van der Waals surface area contributed by atoms with Crippen LogP contribution in [0.4, 0.5) is 0 Å². The van der Waals surface area contributed by atoms with Crippen LogP contribution in [0.25, 0.3) is 0 Å². The Morgan fingerprint density at radius 2 is 0.865 bits per heavy atom. The standard InChI is InChI=1S/C27H48O10/c1-2-20-36-37-27(32)18-10-6-14-23-35-26(31)17-9-5-13-22-34-25(30)16-8-4-12-21-33-24(29)15-7-3-11-19-28/h28H,2-23H2,1H3. The number of carbonyl (C=O) groups excluding carboxylic acids is 4. The smallest absolute Gasteiger partial charge is 0.342 e. The minimum absolute atomic E-state index is 0.148. The summed E-state index contributed by atoms with van der Waals surface area (Å²) in [5.41, 5.74) is 0. The molecule has 0 aliphatic rings. The first-order valence-corrected chi connectivity index (χ1v) is 13.9. The number of aliphatic hydroxyl groups is 1. The highest BCUT2D eigenvalue weighted by Crippen LogP contribution is 2.07. The van der Waals surface area contributed by atoms with E-state index in [-0.39, 0.29) is 36.9 Å². The van der Waals surface area contributed by atoms with E-state index in [1.807, 2.05) is 6.92 Å². The van der Waals surface area contributed by atoms with Gasteiger partial charge in [-0.1, -0.05) is 13.3 Å². The lowest BCUT2D eigenvalue weighted by molar-refractivity contribution is -0.272. The first kappa shape index (κ1) is 34.8. The fourth-order valence-corrected chi connectivity index (χ4v) is 3.21. The number of hydrogen-bond acceptors (Lipinski definition) is 10. The zero-order valence-electron chi connectivity index (χ0n) is 22.7. The fourth-order valence-electron chi connectivity index (χ4n) is 3.21. The van der Waals surface area contributed by atoms with E-state index in [2.05, 4.69) is 4.89 Å². The van der Waals surface area contributed by atoms with E-state index in [0.717, 1.165) is 44.9 Å². The molecule has 0 aromatic heterocycles. The van der Waals surface area contributed by atoms with Crippen molar-refractivity contribution in [1.29, 1.82) is 0 Å². The van der Waals surface area contributed by atoms with E-state index in [1.54, 1.807) is 0 Å². The van der Waals surface area contributed by atoms with Crippen LogP contribution in [-0.4, -0.2) is 62.0 Å². The molecule has 0 radical (unpaired) electrons. The third-order valence-corrected chi connectivity index (χ3v) is 5.34. The molecule has 37 heavy (non-hydrogen) atoms. The summed E-state index contributed by atoms with van der Waals surface area (Å²) in [7, 11) is 0. The molecule has 216 valence electrons. The Morgan fingerprint density at radius 1 is 0.486 bits per heavy atom. The van der Waals surface area contributed by atoms with Crippen molar-refractivity contribution in [3.05, 3.63) is 0 Å². The molecule has 0 aromatic rings. The van der Waals surface area contributed by atoms with Crippen LogP contribution in [0.15, 0.2) is 0 Å². The van der Waals surface area contributed by atoms with Crippen molar-refractivity contribution in [2.45, 2.75) is 116 Å². The summed E-state index contributed by atoms with van der Waals surface area (Å²) in [6.07, 6.45) is 10.9. The van der Waals surface area contributed by atoms with E-state index in [0.29, 0.717) is 84.2 Å². The molecule has 0 rings (SSSR count). The topological polar surface area (TPSA) is 135 Å². The van der Waals surface area contributed by atoms with E-state index in [4.69, 9.17) is 24.2 Å². The molecule has 10 heteroatoms. The van der Waals surface area contributed by atoms with Gasteiger partial charge in [0.05, 0.1) is 26.4 Å². The second-order valence-corrected chi connectivity index (χ2v) is 8.90. The Balaban J connectivity index is 3.40. The van der Waals surface area contributed by atoms with Crippen LogP contribution in [0.5, 0.6) is 0 Å². The van der Waals surface area contributed by atoms with E-state index in [9.17, 15) is 19.2 Å². The minimum atomic E-state index is -0.381. The summed E-state index contributed by atoms with van der Waals surface area (Å²) in [6, 6.07) is 0.